The molecule has 14 heavy (non-hydrogen) atoms. The van der Waals surface area contributed by atoms with Crippen LogP contribution < -0.4 is 5.32 Å². The molecule has 0 spiro atoms. The lowest BCUT2D eigenvalue weighted by atomic mass is 10.0. The normalized spacial score (nSPS) is 11.5. The van der Waals surface area contributed by atoms with Crippen molar-refractivity contribution in [2.75, 3.05) is 5.32 Å². The number of hydrogen-bond acceptors (Lipinski definition) is 3. The molecular weight excluding hydrogens is 242 g/mol. The van der Waals surface area contributed by atoms with Gasteiger partial charge in [-0.25, -0.2) is 9.97 Å². The van der Waals surface area contributed by atoms with E-state index in [0.29, 0.717) is 0 Å². The van der Waals surface area contributed by atoms with Gasteiger partial charge in [0.15, 0.2) is 0 Å². The van der Waals surface area contributed by atoms with Crippen LogP contribution in [0.2, 0.25) is 0 Å². The lowest BCUT2D eigenvalue weighted by Gasteiger charge is -2.25. The van der Waals surface area contributed by atoms with Crippen LogP contribution in [0, 0.1) is 6.92 Å². The average molecular weight is 258 g/mol. The van der Waals surface area contributed by atoms with Gasteiger partial charge in [-0.3, -0.25) is 0 Å². The molecule has 0 aliphatic carbocycles. The third-order valence-electron chi connectivity index (χ3n) is 2.21. The number of aromatic nitrogens is 2. The van der Waals surface area contributed by atoms with Crippen LogP contribution in [0.25, 0.3) is 0 Å². The van der Waals surface area contributed by atoms with E-state index >= 15 is 0 Å². The summed E-state index contributed by atoms with van der Waals surface area (Å²) >= 11 is 3.42. The maximum atomic E-state index is 4.34. The first-order valence-corrected chi connectivity index (χ1v) is 5.51. The number of nitrogens with one attached hydrogen (secondary N) is 1. The van der Waals surface area contributed by atoms with Gasteiger partial charge in [-0.15, -0.1) is 0 Å². The molecule has 4 heteroatoms. The molecule has 0 fully saturated rings. The predicted octanol–water partition coefficient (Wildman–Crippen LogP) is 3.15. The van der Waals surface area contributed by atoms with Crippen molar-refractivity contribution < 1.29 is 0 Å². The third kappa shape index (κ3) is 2.94. The van der Waals surface area contributed by atoms with E-state index in [1.165, 1.54) is 0 Å². The van der Waals surface area contributed by atoms with E-state index < -0.39 is 0 Å². The Bertz CT molecular complexity index is 323. The van der Waals surface area contributed by atoms with E-state index in [4.69, 9.17) is 0 Å². The molecule has 3 nitrogen and oxygen atoms in total. The largest absolute Gasteiger partial charge is 0.364 e. The SMILES string of the molecule is CCC(C)(C)Nc1nc(C)ncc1Br. The zero-order valence-electron chi connectivity index (χ0n) is 9.06. The van der Waals surface area contributed by atoms with Crippen molar-refractivity contribution in [3.63, 3.8) is 0 Å². The molecule has 0 unspecified atom stereocenters. The minimum atomic E-state index is 0.0588. The van der Waals surface area contributed by atoms with E-state index in [1.807, 2.05) is 6.92 Å². The van der Waals surface area contributed by atoms with Gasteiger partial charge in [0.1, 0.15) is 11.6 Å². The van der Waals surface area contributed by atoms with Crippen molar-refractivity contribution >= 4 is 21.7 Å². The zero-order chi connectivity index (χ0) is 10.8. The molecule has 1 aromatic rings. The number of nitrogens with zero attached hydrogens (tertiary/aromatic N) is 2. The minimum Gasteiger partial charge on any atom is -0.364 e. The fourth-order valence-corrected chi connectivity index (χ4v) is 1.24. The van der Waals surface area contributed by atoms with Gasteiger partial charge in [0.25, 0.3) is 0 Å². The van der Waals surface area contributed by atoms with Crippen molar-refractivity contribution in [2.24, 2.45) is 0 Å². The number of halogens is 1. The minimum absolute atomic E-state index is 0.0588. The first kappa shape index (κ1) is 11.4. The van der Waals surface area contributed by atoms with Gasteiger partial charge in [-0.1, -0.05) is 6.92 Å². The topological polar surface area (TPSA) is 37.8 Å². The number of aryl methyl sites for hydroxylation is 1. The molecule has 0 aliphatic rings. The van der Waals surface area contributed by atoms with Crippen molar-refractivity contribution in [1.29, 1.82) is 0 Å². The van der Waals surface area contributed by atoms with Crippen molar-refractivity contribution in [2.45, 2.75) is 39.7 Å². The Balaban J connectivity index is 2.91. The summed E-state index contributed by atoms with van der Waals surface area (Å²) in [5, 5.41) is 3.38. The molecule has 1 rings (SSSR count). The molecule has 0 radical (unpaired) electrons. The quantitative estimate of drug-likeness (QED) is 0.904. The lowest BCUT2D eigenvalue weighted by molar-refractivity contribution is 0.544. The summed E-state index contributed by atoms with van der Waals surface area (Å²) in [6.45, 7) is 8.33. The van der Waals surface area contributed by atoms with E-state index in [1.54, 1.807) is 6.20 Å². The van der Waals surface area contributed by atoms with E-state index in [2.05, 4.69) is 52.0 Å². The molecule has 0 amide bonds. The summed E-state index contributed by atoms with van der Waals surface area (Å²) in [5.41, 5.74) is 0.0588. The predicted molar refractivity (Wildman–Crippen MR) is 62.5 cm³/mol. The molecule has 0 aliphatic heterocycles. The summed E-state index contributed by atoms with van der Waals surface area (Å²) in [5.74, 6) is 1.65. The molecule has 78 valence electrons. The second-order valence-electron chi connectivity index (χ2n) is 3.98. The molecule has 0 bridgehead atoms. The highest BCUT2D eigenvalue weighted by Gasteiger charge is 2.16. The molecule has 0 saturated heterocycles. The highest BCUT2D eigenvalue weighted by molar-refractivity contribution is 9.10. The first-order chi connectivity index (χ1) is 6.44. The van der Waals surface area contributed by atoms with Gasteiger partial charge in [-0.05, 0) is 43.1 Å². The Morgan fingerprint density at radius 2 is 2.14 bits per heavy atom. The third-order valence-corrected chi connectivity index (χ3v) is 2.79. The van der Waals surface area contributed by atoms with Gasteiger partial charge in [0.05, 0.1) is 4.47 Å². The van der Waals surface area contributed by atoms with Crippen LogP contribution in [0.3, 0.4) is 0 Å². The Hall–Kier alpha value is -0.640. The van der Waals surface area contributed by atoms with Crippen molar-refractivity contribution in [1.82, 2.24) is 9.97 Å². The number of hydrogen-bond donors (Lipinski definition) is 1. The second kappa shape index (κ2) is 4.26. The second-order valence-corrected chi connectivity index (χ2v) is 4.83. The summed E-state index contributed by atoms with van der Waals surface area (Å²) in [6, 6.07) is 0. The molecule has 0 atom stereocenters. The van der Waals surface area contributed by atoms with Gasteiger partial charge in [0.2, 0.25) is 0 Å². The summed E-state index contributed by atoms with van der Waals surface area (Å²) in [6.07, 6.45) is 2.82. The van der Waals surface area contributed by atoms with E-state index in [9.17, 15) is 0 Å². The Kier molecular flexibility index (Phi) is 3.48. The van der Waals surface area contributed by atoms with E-state index in [-0.39, 0.29) is 5.54 Å². The highest BCUT2D eigenvalue weighted by atomic mass is 79.9. The average Bonchev–Trinajstić information content (AvgIpc) is 2.11. The summed E-state index contributed by atoms with van der Waals surface area (Å²) < 4.78 is 0.907. The smallest absolute Gasteiger partial charge is 0.144 e. The van der Waals surface area contributed by atoms with Gasteiger partial charge in [-0.2, -0.15) is 0 Å². The first-order valence-electron chi connectivity index (χ1n) is 4.72. The van der Waals surface area contributed by atoms with E-state index in [0.717, 1.165) is 22.5 Å². The summed E-state index contributed by atoms with van der Waals surface area (Å²) in [4.78, 5) is 8.43. The highest BCUT2D eigenvalue weighted by Crippen LogP contribution is 2.23. The van der Waals surface area contributed by atoms with Crippen LogP contribution in [0.5, 0.6) is 0 Å². The van der Waals surface area contributed by atoms with Crippen LogP contribution >= 0.6 is 15.9 Å². The van der Waals surface area contributed by atoms with Gasteiger partial charge in [0, 0.05) is 11.7 Å². The van der Waals surface area contributed by atoms with Crippen molar-refractivity contribution in [3.05, 3.63) is 16.5 Å². The Morgan fingerprint density at radius 3 is 2.71 bits per heavy atom. The maximum Gasteiger partial charge on any atom is 0.144 e. The number of rotatable bonds is 3. The standard InChI is InChI=1S/C10H16BrN3/c1-5-10(3,4)14-9-8(11)6-12-7(2)13-9/h6H,5H2,1-4H3,(H,12,13,14). The molecule has 1 N–H and O–H groups in total. The fraction of sp³-hybridized carbons (Fsp3) is 0.600. The van der Waals surface area contributed by atoms with Gasteiger partial charge < -0.3 is 5.32 Å². The fourth-order valence-electron chi connectivity index (χ4n) is 0.952. The Morgan fingerprint density at radius 1 is 1.50 bits per heavy atom. The van der Waals surface area contributed by atoms with Crippen molar-refractivity contribution in [3.8, 4) is 0 Å². The van der Waals surface area contributed by atoms with Crippen LogP contribution in [0.15, 0.2) is 10.7 Å². The number of anilines is 1. The Labute approximate surface area is 93.5 Å². The summed E-state index contributed by atoms with van der Waals surface area (Å²) in [7, 11) is 0. The molecule has 0 aromatic carbocycles. The molecular formula is C10H16BrN3. The molecule has 1 aromatic heterocycles. The molecule has 0 saturated carbocycles. The van der Waals surface area contributed by atoms with Crippen LogP contribution in [0.4, 0.5) is 5.82 Å². The monoisotopic (exact) mass is 257 g/mol. The van der Waals surface area contributed by atoms with Gasteiger partial charge >= 0.3 is 0 Å². The van der Waals surface area contributed by atoms with Crippen LogP contribution in [0.1, 0.15) is 33.0 Å². The van der Waals surface area contributed by atoms with Crippen LogP contribution in [-0.2, 0) is 0 Å². The van der Waals surface area contributed by atoms with Crippen LogP contribution in [-0.4, -0.2) is 15.5 Å². The molecule has 1 heterocycles. The maximum absolute atomic E-state index is 4.34. The zero-order valence-corrected chi connectivity index (χ0v) is 10.6. The lowest BCUT2D eigenvalue weighted by Crippen LogP contribution is -2.30.